The summed E-state index contributed by atoms with van der Waals surface area (Å²) >= 11 is 0. The summed E-state index contributed by atoms with van der Waals surface area (Å²) in [6, 6.07) is 0.613. The van der Waals surface area contributed by atoms with Crippen LogP contribution in [0.1, 0.15) is 12.8 Å². The molecule has 0 radical (unpaired) electrons. The van der Waals surface area contributed by atoms with Crippen molar-refractivity contribution in [1.82, 2.24) is 15.5 Å². The Balaban J connectivity index is 1.94. The smallest absolute Gasteiger partial charge is 0.317 e. The fourth-order valence-corrected chi connectivity index (χ4v) is 2.37. The first-order valence-electron chi connectivity index (χ1n) is 5.01. The van der Waals surface area contributed by atoms with Crippen molar-refractivity contribution in [3.63, 3.8) is 0 Å². The van der Waals surface area contributed by atoms with Crippen LogP contribution >= 0.6 is 0 Å². The third kappa shape index (κ3) is 1.63. The van der Waals surface area contributed by atoms with E-state index in [1.54, 1.807) is 7.05 Å². The molecule has 2 N–H and O–H groups in total. The fourth-order valence-electron chi connectivity index (χ4n) is 2.37. The van der Waals surface area contributed by atoms with Crippen LogP contribution in [0.3, 0.4) is 0 Å². The highest BCUT2D eigenvalue weighted by Gasteiger charge is 2.35. The molecule has 2 heterocycles. The Morgan fingerprint density at radius 3 is 3.08 bits per heavy atom. The Hall–Kier alpha value is -0.770. The van der Waals surface area contributed by atoms with Crippen LogP contribution in [0.15, 0.2) is 0 Å². The zero-order valence-electron chi connectivity index (χ0n) is 8.05. The molecule has 2 rings (SSSR count). The van der Waals surface area contributed by atoms with E-state index in [0.717, 1.165) is 19.6 Å². The van der Waals surface area contributed by atoms with Crippen LogP contribution in [0.2, 0.25) is 0 Å². The van der Waals surface area contributed by atoms with Gasteiger partial charge in [-0.15, -0.1) is 0 Å². The van der Waals surface area contributed by atoms with E-state index in [-0.39, 0.29) is 6.03 Å². The van der Waals surface area contributed by atoms with E-state index >= 15 is 0 Å². The monoisotopic (exact) mass is 183 g/mol. The summed E-state index contributed by atoms with van der Waals surface area (Å²) in [5.74, 6) is 0.686. The van der Waals surface area contributed by atoms with E-state index < -0.39 is 0 Å². The molecule has 0 aromatic rings. The highest BCUT2D eigenvalue weighted by atomic mass is 16.2. The van der Waals surface area contributed by atoms with E-state index in [0.29, 0.717) is 12.0 Å². The standard InChI is InChI=1S/C9H17N3O/c1-10-9(13)12-5-7-3-2-4-11-8(7)6-12/h7-8,11H,2-6H2,1H3,(H,10,13). The van der Waals surface area contributed by atoms with Gasteiger partial charge in [-0.2, -0.15) is 0 Å². The normalized spacial score (nSPS) is 32.8. The third-order valence-electron chi connectivity index (χ3n) is 3.10. The Bertz CT molecular complexity index is 193. The molecule has 2 aliphatic heterocycles. The molecule has 0 aromatic heterocycles. The number of hydrogen-bond acceptors (Lipinski definition) is 2. The molecule has 2 amide bonds. The lowest BCUT2D eigenvalue weighted by Crippen LogP contribution is -2.41. The minimum Gasteiger partial charge on any atom is -0.341 e. The summed E-state index contributed by atoms with van der Waals surface area (Å²) in [7, 11) is 1.69. The summed E-state index contributed by atoms with van der Waals surface area (Å²) in [5.41, 5.74) is 0. The van der Waals surface area contributed by atoms with Crippen molar-refractivity contribution in [2.75, 3.05) is 26.7 Å². The van der Waals surface area contributed by atoms with E-state index in [9.17, 15) is 4.79 Å². The van der Waals surface area contributed by atoms with Gasteiger partial charge < -0.3 is 15.5 Å². The lowest BCUT2D eigenvalue weighted by Gasteiger charge is -2.24. The van der Waals surface area contributed by atoms with E-state index in [2.05, 4.69) is 10.6 Å². The maximum Gasteiger partial charge on any atom is 0.317 e. The zero-order chi connectivity index (χ0) is 9.26. The van der Waals surface area contributed by atoms with Crippen LogP contribution in [0.4, 0.5) is 4.79 Å². The summed E-state index contributed by atoms with van der Waals surface area (Å²) in [6.07, 6.45) is 2.52. The van der Waals surface area contributed by atoms with Crippen LogP contribution in [0.5, 0.6) is 0 Å². The average Bonchev–Trinajstić information content (AvgIpc) is 2.59. The summed E-state index contributed by atoms with van der Waals surface area (Å²) in [5, 5.41) is 6.14. The Kier molecular flexibility index (Phi) is 2.40. The molecule has 0 aliphatic carbocycles. The van der Waals surface area contributed by atoms with Crippen molar-refractivity contribution in [3.8, 4) is 0 Å². The topological polar surface area (TPSA) is 44.4 Å². The summed E-state index contributed by atoms with van der Waals surface area (Å²) in [4.78, 5) is 13.3. The summed E-state index contributed by atoms with van der Waals surface area (Å²) in [6.45, 7) is 2.92. The second-order valence-corrected chi connectivity index (χ2v) is 3.92. The number of carbonyl (C=O) groups is 1. The van der Waals surface area contributed by atoms with Gasteiger partial charge in [0.25, 0.3) is 0 Å². The van der Waals surface area contributed by atoms with Gasteiger partial charge in [0.05, 0.1) is 0 Å². The predicted octanol–water partition coefficient (Wildman–Crippen LogP) is 0.00960. The van der Waals surface area contributed by atoms with Crippen molar-refractivity contribution in [2.45, 2.75) is 18.9 Å². The second-order valence-electron chi connectivity index (χ2n) is 3.92. The van der Waals surface area contributed by atoms with E-state index in [4.69, 9.17) is 0 Å². The molecule has 0 bridgehead atoms. The Labute approximate surface area is 78.7 Å². The number of piperidine rings is 1. The maximum absolute atomic E-state index is 11.3. The number of fused-ring (bicyclic) bond motifs is 1. The van der Waals surface area contributed by atoms with Crippen LogP contribution < -0.4 is 10.6 Å². The molecule has 2 unspecified atom stereocenters. The van der Waals surface area contributed by atoms with Gasteiger partial charge in [-0.25, -0.2) is 4.79 Å². The molecule has 4 nitrogen and oxygen atoms in total. The van der Waals surface area contributed by atoms with Gasteiger partial charge in [0.1, 0.15) is 0 Å². The lowest BCUT2D eigenvalue weighted by molar-refractivity contribution is 0.209. The molecule has 2 saturated heterocycles. The molecule has 0 aromatic carbocycles. The minimum atomic E-state index is 0.0659. The first-order valence-corrected chi connectivity index (χ1v) is 5.01. The van der Waals surface area contributed by atoms with Gasteiger partial charge in [-0.3, -0.25) is 0 Å². The number of nitrogens with zero attached hydrogens (tertiary/aromatic N) is 1. The predicted molar refractivity (Wildman–Crippen MR) is 50.5 cm³/mol. The van der Waals surface area contributed by atoms with Gasteiger partial charge >= 0.3 is 6.03 Å². The van der Waals surface area contributed by atoms with E-state index in [1.807, 2.05) is 4.90 Å². The molecular formula is C9H17N3O. The molecule has 4 heteroatoms. The number of rotatable bonds is 0. The Morgan fingerprint density at radius 2 is 2.38 bits per heavy atom. The highest BCUT2D eigenvalue weighted by molar-refractivity contribution is 5.74. The first kappa shape index (κ1) is 8.81. The second kappa shape index (κ2) is 3.54. The molecule has 2 fully saturated rings. The van der Waals surface area contributed by atoms with Crippen molar-refractivity contribution in [1.29, 1.82) is 0 Å². The number of hydrogen-bond donors (Lipinski definition) is 2. The fraction of sp³-hybridized carbons (Fsp3) is 0.889. The largest absolute Gasteiger partial charge is 0.341 e. The average molecular weight is 183 g/mol. The van der Waals surface area contributed by atoms with Gasteiger partial charge in [-0.1, -0.05) is 0 Å². The number of carbonyl (C=O) groups excluding carboxylic acids is 1. The number of nitrogens with one attached hydrogen (secondary N) is 2. The maximum atomic E-state index is 11.3. The van der Waals surface area contributed by atoms with Crippen molar-refractivity contribution in [3.05, 3.63) is 0 Å². The van der Waals surface area contributed by atoms with Gasteiger partial charge in [0.2, 0.25) is 0 Å². The Morgan fingerprint density at radius 1 is 1.54 bits per heavy atom. The number of likely N-dealkylation sites (tertiary alicyclic amines) is 1. The van der Waals surface area contributed by atoms with Gasteiger partial charge in [-0.05, 0) is 25.3 Å². The number of urea groups is 1. The van der Waals surface area contributed by atoms with Gasteiger partial charge in [0, 0.05) is 26.2 Å². The SMILES string of the molecule is CNC(=O)N1CC2CCCNC2C1. The van der Waals surface area contributed by atoms with Crippen LogP contribution in [0.25, 0.3) is 0 Å². The van der Waals surface area contributed by atoms with Crippen LogP contribution in [-0.2, 0) is 0 Å². The molecule has 0 saturated carbocycles. The molecule has 74 valence electrons. The van der Waals surface area contributed by atoms with E-state index in [1.165, 1.54) is 12.8 Å². The molecule has 0 spiro atoms. The zero-order valence-corrected chi connectivity index (χ0v) is 8.05. The van der Waals surface area contributed by atoms with Gasteiger partial charge in [0.15, 0.2) is 0 Å². The third-order valence-corrected chi connectivity index (χ3v) is 3.10. The van der Waals surface area contributed by atoms with Crippen LogP contribution in [0, 0.1) is 5.92 Å². The molecule has 13 heavy (non-hydrogen) atoms. The first-order chi connectivity index (χ1) is 6.31. The quantitative estimate of drug-likeness (QED) is 0.555. The highest BCUT2D eigenvalue weighted by Crippen LogP contribution is 2.24. The van der Waals surface area contributed by atoms with Crippen molar-refractivity contribution < 1.29 is 4.79 Å². The molecular weight excluding hydrogens is 166 g/mol. The van der Waals surface area contributed by atoms with Crippen molar-refractivity contribution in [2.24, 2.45) is 5.92 Å². The van der Waals surface area contributed by atoms with Crippen LogP contribution in [-0.4, -0.2) is 43.7 Å². The molecule has 2 atom stereocenters. The minimum absolute atomic E-state index is 0.0659. The molecule has 2 aliphatic rings. The summed E-state index contributed by atoms with van der Waals surface area (Å²) < 4.78 is 0. The number of amides is 2. The van der Waals surface area contributed by atoms with Crippen molar-refractivity contribution >= 4 is 6.03 Å². The lowest BCUT2D eigenvalue weighted by atomic mass is 9.94.